The molecular formula is C4H6NO3+. The normalized spacial score (nSPS) is 28.4. The molecule has 0 aromatic carbocycles. The van der Waals surface area contributed by atoms with E-state index in [1.165, 1.54) is 6.92 Å². The predicted octanol–water partition coefficient (Wildman–Crippen LogP) is -0.332. The first-order valence-corrected chi connectivity index (χ1v) is 2.33. The fourth-order valence-corrected chi connectivity index (χ4v) is 0.542. The van der Waals surface area contributed by atoms with Gasteiger partial charge in [-0.25, -0.2) is 4.79 Å². The highest BCUT2D eigenvalue weighted by molar-refractivity contribution is 5.71. The zero-order chi connectivity index (χ0) is 6.15. The van der Waals surface area contributed by atoms with Crippen molar-refractivity contribution < 1.29 is 14.3 Å². The smallest absolute Gasteiger partial charge is 0.382 e. The first-order chi connectivity index (χ1) is 3.70. The topological polar surface area (TPSA) is 46.4 Å². The van der Waals surface area contributed by atoms with Crippen molar-refractivity contribution in [3.8, 4) is 0 Å². The van der Waals surface area contributed by atoms with Gasteiger partial charge in [0.25, 0.3) is 6.54 Å². The maximum absolute atomic E-state index is 10.4. The summed E-state index contributed by atoms with van der Waals surface area (Å²) in [5.74, 6) is -0.437. The van der Waals surface area contributed by atoms with E-state index in [4.69, 9.17) is 0 Å². The number of cyclic esters (lactones) is 1. The molecule has 8 heavy (non-hydrogen) atoms. The highest BCUT2D eigenvalue weighted by atomic mass is 16.6. The van der Waals surface area contributed by atoms with Gasteiger partial charge in [-0.15, -0.1) is 0 Å². The molecule has 1 rings (SSSR count). The van der Waals surface area contributed by atoms with E-state index in [1.54, 1.807) is 0 Å². The van der Waals surface area contributed by atoms with Gasteiger partial charge in [0.15, 0.2) is 0 Å². The van der Waals surface area contributed by atoms with Crippen LogP contribution in [0.1, 0.15) is 6.92 Å². The van der Waals surface area contributed by atoms with Crippen LogP contribution in [0.15, 0.2) is 0 Å². The Bertz CT molecular complexity index is 142. The molecule has 1 aliphatic heterocycles. The van der Waals surface area contributed by atoms with Crippen LogP contribution in [-0.4, -0.2) is 23.5 Å². The fraction of sp³-hybridized carbons (Fsp3) is 0.750. The predicted molar refractivity (Wildman–Crippen MR) is 24.0 cm³/mol. The van der Waals surface area contributed by atoms with Gasteiger partial charge < -0.3 is 4.74 Å². The van der Waals surface area contributed by atoms with E-state index in [9.17, 15) is 9.70 Å². The van der Waals surface area contributed by atoms with E-state index in [2.05, 4.69) is 4.74 Å². The van der Waals surface area contributed by atoms with Gasteiger partial charge in [0.1, 0.15) is 0 Å². The molecule has 1 atom stereocenters. The van der Waals surface area contributed by atoms with Crippen LogP contribution in [0.4, 0.5) is 0 Å². The minimum atomic E-state index is -0.581. The van der Waals surface area contributed by atoms with Crippen LogP contribution in [0.5, 0.6) is 0 Å². The molecule has 4 nitrogen and oxygen atoms in total. The molecule has 0 amide bonds. The molecule has 1 saturated heterocycles. The van der Waals surface area contributed by atoms with Crippen LogP contribution in [-0.2, 0) is 9.53 Å². The largest absolute Gasteiger partial charge is 0.394 e. The van der Waals surface area contributed by atoms with Crippen molar-refractivity contribution in [2.45, 2.75) is 13.2 Å². The Morgan fingerprint density at radius 2 is 2.50 bits per heavy atom. The number of rotatable bonds is 0. The van der Waals surface area contributed by atoms with Crippen LogP contribution < -0.4 is 0 Å². The minimum absolute atomic E-state index is 0.124. The van der Waals surface area contributed by atoms with E-state index >= 15 is 0 Å². The Hall–Kier alpha value is -0.930. The fourth-order valence-electron chi connectivity index (χ4n) is 0.542. The van der Waals surface area contributed by atoms with Crippen LogP contribution in [0, 0.1) is 4.91 Å². The van der Waals surface area contributed by atoms with Crippen molar-refractivity contribution in [1.29, 1.82) is 0 Å². The van der Waals surface area contributed by atoms with Crippen molar-refractivity contribution in [2.24, 2.45) is 0 Å². The highest BCUT2D eigenvalue weighted by Crippen LogP contribution is 2.01. The maximum atomic E-state index is 10.4. The molecule has 1 aliphatic rings. The van der Waals surface area contributed by atoms with E-state index in [0.717, 1.165) is 0 Å². The third kappa shape index (κ3) is 0.685. The number of ether oxygens (including phenoxy) is 1. The number of esters is 1. The van der Waals surface area contributed by atoms with Gasteiger partial charge in [-0.2, -0.15) is 0 Å². The summed E-state index contributed by atoms with van der Waals surface area (Å²) < 4.78 is 5.05. The second kappa shape index (κ2) is 1.54. The standard InChI is InChI=1S/C4H6NO3/c1-3-5(7)2-4(6)8-3/h3H,2H2,1H3/q+1. The lowest BCUT2D eigenvalue weighted by molar-refractivity contribution is -0.584. The van der Waals surface area contributed by atoms with Gasteiger partial charge in [-0.3, -0.25) is 0 Å². The third-order valence-corrected chi connectivity index (χ3v) is 0.992. The third-order valence-electron chi connectivity index (χ3n) is 0.992. The lowest BCUT2D eigenvalue weighted by Crippen LogP contribution is -2.12. The molecule has 0 aromatic rings. The SMILES string of the molecule is CC1OC(=O)C[N+]1=O. The zero-order valence-electron chi connectivity index (χ0n) is 4.46. The monoisotopic (exact) mass is 116 g/mol. The lowest BCUT2D eigenvalue weighted by Gasteiger charge is -1.86. The quantitative estimate of drug-likeness (QED) is 0.321. The van der Waals surface area contributed by atoms with Crippen molar-refractivity contribution in [1.82, 2.24) is 0 Å². The number of carbonyl (C=O) groups excluding carboxylic acids is 1. The van der Waals surface area contributed by atoms with Crippen molar-refractivity contribution in [3.05, 3.63) is 4.91 Å². The summed E-state index contributed by atoms with van der Waals surface area (Å²) in [6, 6.07) is 0. The van der Waals surface area contributed by atoms with Gasteiger partial charge in [-0.1, -0.05) is 0 Å². The Balaban J connectivity index is 2.64. The summed E-state index contributed by atoms with van der Waals surface area (Å²) in [5.41, 5.74) is 0. The molecule has 1 unspecified atom stereocenters. The molecule has 0 spiro atoms. The van der Waals surface area contributed by atoms with E-state index in [0.29, 0.717) is 4.76 Å². The second-order valence-electron chi connectivity index (χ2n) is 1.66. The molecule has 0 aromatic heterocycles. The first-order valence-electron chi connectivity index (χ1n) is 2.33. The minimum Gasteiger partial charge on any atom is -0.394 e. The van der Waals surface area contributed by atoms with Crippen LogP contribution >= 0.6 is 0 Å². The molecule has 1 heterocycles. The van der Waals surface area contributed by atoms with E-state index < -0.39 is 12.2 Å². The summed E-state index contributed by atoms with van der Waals surface area (Å²) in [6.07, 6.45) is -0.581. The number of hydrogen-bond donors (Lipinski definition) is 0. The number of hydrogen-bond acceptors (Lipinski definition) is 3. The lowest BCUT2D eigenvalue weighted by atomic mass is 10.6. The summed E-state index contributed by atoms with van der Waals surface area (Å²) in [7, 11) is 0. The average molecular weight is 116 g/mol. The van der Waals surface area contributed by atoms with E-state index in [-0.39, 0.29) is 6.54 Å². The number of carbonyl (C=O) groups is 1. The Labute approximate surface area is 46.0 Å². The van der Waals surface area contributed by atoms with Crippen molar-refractivity contribution in [3.63, 3.8) is 0 Å². The summed E-state index contributed by atoms with van der Waals surface area (Å²) in [4.78, 5) is 20.6. The first kappa shape index (κ1) is 5.21. The van der Waals surface area contributed by atoms with Crippen LogP contribution in [0.25, 0.3) is 0 Å². The highest BCUT2D eigenvalue weighted by Gasteiger charge is 2.35. The van der Waals surface area contributed by atoms with Crippen LogP contribution in [0.2, 0.25) is 0 Å². The molecule has 44 valence electrons. The Morgan fingerprint density at radius 1 is 1.88 bits per heavy atom. The second-order valence-corrected chi connectivity index (χ2v) is 1.66. The number of nitrogens with zero attached hydrogens (tertiary/aromatic N) is 1. The molecule has 1 fully saturated rings. The van der Waals surface area contributed by atoms with Gasteiger partial charge in [0, 0.05) is 11.8 Å². The molecule has 0 N–H and O–H groups in total. The molecule has 0 aliphatic carbocycles. The number of nitroso groups, excluding NO2 is 1. The van der Waals surface area contributed by atoms with Crippen molar-refractivity contribution in [2.75, 3.05) is 6.54 Å². The maximum Gasteiger partial charge on any atom is 0.382 e. The van der Waals surface area contributed by atoms with E-state index in [1.807, 2.05) is 0 Å². The van der Waals surface area contributed by atoms with Gasteiger partial charge in [0.2, 0.25) is 0 Å². The molecule has 0 radical (unpaired) electrons. The zero-order valence-corrected chi connectivity index (χ0v) is 4.46. The Morgan fingerprint density at radius 3 is 2.62 bits per heavy atom. The molecular weight excluding hydrogens is 110 g/mol. The summed E-state index contributed by atoms with van der Waals surface area (Å²) >= 11 is 0. The van der Waals surface area contributed by atoms with Crippen LogP contribution in [0.3, 0.4) is 0 Å². The van der Waals surface area contributed by atoms with Gasteiger partial charge in [0.05, 0.1) is 4.76 Å². The molecule has 0 saturated carbocycles. The Kier molecular flexibility index (Phi) is 1.00. The van der Waals surface area contributed by atoms with Gasteiger partial charge in [-0.05, 0) is 0 Å². The summed E-state index contributed by atoms with van der Waals surface area (Å²) in [5, 5.41) is 0. The van der Waals surface area contributed by atoms with Crippen molar-refractivity contribution >= 4 is 5.97 Å². The average Bonchev–Trinajstić information content (AvgIpc) is 1.85. The molecule has 0 bridgehead atoms. The summed E-state index contributed by atoms with van der Waals surface area (Å²) in [6.45, 7) is 1.42. The molecule has 4 heteroatoms. The van der Waals surface area contributed by atoms with Gasteiger partial charge >= 0.3 is 12.2 Å².